The van der Waals surface area contributed by atoms with Crippen LogP contribution in [0, 0.1) is 10.1 Å². The number of nitrogens with zero attached hydrogens (tertiary/aromatic N) is 1. The van der Waals surface area contributed by atoms with Gasteiger partial charge in [0.25, 0.3) is 5.69 Å². The summed E-state index contributed by atoms with van der Waals surface area (Å²) in [5.41, 5.74) is -0.545. The summed E-state index contributed by atoms with van der Waals surface area (Å²) in [5.74, 6) is -0.188. The summed E-state index contributed by atoms with van der Waals surface area (Å²) in [6, 6.07) is 14.7. The minimum atomic E-state index is -4.49. The first-order valence-corrected chi connectivity index (χ1v) is 8.50. The molecule has 0 heterocycles. The molecular weight excluding hydrogens is 346 g/mol. The quantitative estimate of drug-likeness (QED) is 0.300. The van der Waals surface area contributed by atoms with Crippen LogP contribution in [-0.4, -0.2) is 19.6 Å². The molecule has 0 N–H and O–H groups in total. The van der Waals surface area contributed by atoms with Crippen molar-refractivity contribution < 1.29 is 22.3 Å². The zero-order valence-corrected chi connectivity index (χ0v) is 13.5. The molecule has 0 fully saturated rings. The second-order valence-electron chi connectivity index (χ2n) is 5.08. The van der Waals surface area contributed by atoms with Gasteiger partial charge in [0.15, 0.2) is 16.9 Å². The van der Waals surface area contributed by atoms with E-state index in [1.807, 2.05) is 0 Å². The second-order valence-corrected chi connectivity index (χ2v) is 6.59. The Labute approximate surface area is 142 Å². The van der Waals surface area contributed by atoms with Crippen molar-refractivity contribution in [2.75, 3.05) is 0 Å². The first kappa shape index (κ1) is 16.6. The third-order valence-corrected chi connectivity index (χ3v) is 4.86. The zero-order valence-electron chi connectivity index (χ0n) is 12.7. The van der Waals surface area contributed by atoms with Gasteiger partial charge in [0.2, 0.25) is 0 Å². The predicted molar refractivity (Wildman–Crippen MR) is 90.2 cm³/mol. The number of hydrogen-bond acceptors (Lipinski definition) is 6. The molecule has 0 aliphatic heterocycles. The second kappa shape index (κ2) is 6.33. The van der Waals surface area contributed by atoms with Gasteiger partial charge < -0.3 is 4.18 Å². The normalized spacial score (nSPS) is 11.2. The third kappa shape index (κ3) is 3.07. The number of aldehydes is 1. The molecule has 126 valence electrons. The van der Waals surface area contributed by atoms with Gasteiger partial charge in [-0.2, -0.15) is 8.42 Å². The lowest BCUT2D eigenvalue weighted by atomic mass is 10.0. The molecule has 0 unspecified atom stereocenters. The minimum Gasteiger partial charge on any atom is -0.378 e. The summed E-state index contributed by atoms with van der Waals surface area (Å²) in [5, 5.41) is 12.3. The van der Waals surface area contributed by atoms with E-state index in [0.29, 0.717) is 11.7 Å². The highest BCUT2D eigenvalue weighted by atomic mass is 32.2. The number of carbonyl (C=O) groups excluding carboxylic acids is 1. The van der Waals surface area contributed by atoms with E-state index in [1.54, 1.807) is 30.3 Å². The van der Waals surface area contributed by atoms with Gasteiger partial charge in [0, 0.05) is 6.07 Å². The topological polar surface area (TPSA) is 104 Å². The fourth-order valence-corrected chi connectivity index (χ4v) is 3.57. The van der Waals surface area contributed by atoms with Crippen LogP contribution in [-0.2, 0) is 10.1 Å². The van der Waals surface area contributed by atoms with Crippen LogP contribution in [0.5, 0.6) is 5.75 Å². The van der Waals surface area contributed by atoms with Crippen LogP contribution >= 0.6 is 0 Å². The molecule has 8 heteroatoms. The molecule has 0 radical (unpaired) electrons. The first-order chi connectivity index (χ1) is 11.9. The van der Waals surface area contributed by atoms with Gasteiger partial charge in [-0.25, -0.2) is 0 Å². The highest BCUT2D eigenvalue weighted by Gasteiger charge is 2.28. The van der Waals surface area contributed by atoms with Crippen molar-refractivity contribution in [2.24, 2.45) is 0 Å². The molecule has 0 amide bonds. The number of nitro groups is 1. The van der Waals surface area contributed by atoms with Crippen molar-refractivity contribution >= 4 is 32.9 Å². The Bertz CT molecular complexity index is 1090. The molecular formula is C17H11NO6S. The standard InChI is InChI=1S/C17H11NO6S/c19-11-14-13-6-2-1-5-12(13)9-10-16(14)24-25(22,23)17-8-4-3-7-15(17)18(20)21/h1-11H. The van der Waals surface area contributed by atoms with E-state index in [9.17, 15) is 23.3 Å². The van der Waals surface area contributed by atoms with Crippen molar-refractivity contribution in [3.8, 4) is 5.75 Å². The van der Waals surface area contributed by atoms with Gasteiger partial charge in [0.1, 0.15) is 0 Å². The van der Waals surface area contributed by atoms with Crippen molar-refractivity contribution in [2.45, 2.75) is 4.90 Å². The van der Waals surface area contributed by atoms with E-state index in [-0.39, 0.29) is 11.3 Å². The maximum atomic E-state index is 12.5. The lowest BCUT2D eigenvalue weighted by Crippen LogP contribution is -2.13. The van der Waals surface area contributed by atoms with Crippen LogP contribution in [0.25, 0.3) is 10.8 Å². The van der Waals surface area contributed by atoms with E-state index >= 15 is 0 Å². The van der Waals surface area contributed by atoms with Crippen LogP contribution in [0.2, 0.25) is 0 Å². The van der Waals surface area contributed by atoms with Crippen molar-refractivity contribution in [1.82, 2.24) is 0 Å². The summed E-state index contributed by atoms with van der Waals surface area (Å²) in [6.45, 7) is 0. The van der Waals surface area contributed by atoms with Gasteiger partial charge >= 0.3 is 10.1 Å². The van der Waals surface area contributed by atoms with Crippen LogP contribution in [0.15, 0.2) is 65.6 Å². The number of rotatable bonds is 5. The molecule has 0 saturated heterocycles. The predicted octanol–water partition coefficient (Wildman–Crippen LogP) is 3.33. The van der Waals surface area contributed by atoms with E-state index in [1.165, 1.54) is 18.2 Å². The monoisotopic (exact) mass is 357 g/mol. The average molecular weight is 357 g/mol. The Kier molecular flexibility index (Phi) is 4.20. The summed E-state index contributed by atoms with van der Waals surface area (Å²) in [7, 11) is -4.49. The van der Waals surface area contributed by atoms with E-state index < -0.39 is 25.6 Å². The number of fused-ring (bicyclic) bond motifs is 1. The Morgan fingerprint density at radius 1 is 0.960 bits per heavy atom. The molecule has 0 bridgehead atoms. The molecule has 0 aliphatic rings. The number of hydrogen-bond donors (Lipinski definition) is 0. The third-order valence-electron chi connectivity index (χ3n) is 3.58. The van der Waals surface area contributed by atoms with Gasteiger partial charge in [-0.1, -0.05) is 42.5 Å². The maximum absolute atomic E-state index is 12.5. The highest BCUT2D eigenvalue weighted by Crippen LogP contribution is 2.31. The largest absolute Gasteiger partial charge is 0.378 e. The summed E-state index contributed by atoms with van der Waals surface area (Å²) in [4.78, 5) is 21.1. The summed E-state index contributed by atoms with van der Waals surface area (Å²) < 4.78 is 30.0. The molecule has 3 rings (SSSR count). The Balaban J connectivity index is 2.13. The van der Waals surface area contributed by atoms with Gasteiger partial charge in [-0.15, -0.1) is 0 Å². The molecule has 25 heavy (non-hydrogen) atoms. The molecule has 3 aromatic rings. The number of carbonyl (C=O) groups is 1. The lowest BCUT2D eigenvalue weighted by molar-refractivity contribution is -0.387. The van der Waals surface area contributed by atoms with Crippen molar-refractivity contribution in [3.63, 3.8) is 0 Å². The van der Waals surface area contributed by atoms with Crippen LogP contribution in [0.1, 0.15) is 10.4 Å². The van der Waals surface area contributed by atoms with Crippen LogP contribution in [0.4, 0.5) is 5.69 Å². The smallest absolute Gasteiger partial charge is 0.346 e. The number of benzene rings is 3. The summed E-state index contributed by atoms with van der Waals surface area (Å²) in [6.07, 6.45) is 0.493. The van der Waals surface area contributed by atoms with Gasteiger partial charge in [0.05, 0.1) is 10.5 Å². The Hall–Kier alpha value is -3.26. The lowest BCUT2D eigenvalue weighted by Gasteiger charge is -2.11. The maximum Gasteiger partial charge on any atom is 0.346 e. The van der Waals surface area contributed by atoms with Crippen LogP contribution in [0.3, 0.4) is 0 Å². The van der Waals surface area contributed by atoms with Crippen molar-refractivity contribution in [3.05, 3.63) is 76.3 Å². The van der Waals surface area contributed by atoms with E-state index in [2.05, 4.69) is 0 Å². The molecule has 7 nitrogen and oxygen atoms in total. The van der Waals surface area contributed by atoms with E-state index in [0.717, 1.165) is 17.5 Å². The SMILES string of the molecule is O=Cc1c(OS(=O)(=O)c2ccccc2[N+](=O)[O-])ccc2ccccc12. The fraction of sp³-hybridized carbons (Fsp3) is 0. The average Bonchev–Trinajstić information content (AvgIpc) is 2.61. The molecule has 3 aromatic carbocycles. The fourth-order valence-electron chi connectivity index (χ4n) is 2.45. The van der Waals surface area contributed by atoms with Gasteiger partial charge in [-0.3, -0.25) is 14.9 Å². The highest BCUT2D eigenvalue weighted by molar-refractivity contribution is 7.87. The van der Waals surface area contributed by atoms with Crippen molar-refractivity contribution in [1.29, 1.82) is 0 Å². The first-order valence-electron chi connectivity index (χ1n) is 7.09. The van der Waals surface area contributed by atoms with Crippen LogP contribution < -0.4 is 4.18 Å². The molecule has 0 spiro atoms. The van der Waals surface area contributed by atoms with Gasteiger partial charge in [-0.05, 0) is 22.9 Å². The van der Waals surface area contributed by atoms with E-state index in [4.69, 9.17) is 4.18 Å². The zero-order chi connectivity index (χ0) is 18.0. The Morgan fingerprint density at radius 2 is 1.64 bits per heavy atom. The molecule has 0 aromatic heterocycles. The molecule has 0 aliphatic carbocycles. The molecule has 0 atom stereocenters. The molecule has 0 saturated carbocycles. The number of para-hydroxylation sites is 1. The minimum absolute atomic E-state index is 0.0558. The Morgan fingerprint density at radius 3 is 2.36 bits per heavy atom. The number of nitro benzene ring substituents is 1. The summed E-state index contributed by atoms with van der Waals surface area (Å²) >= 11 is 0.